The van der Waals surface area contributed by atoms with Crippen LogP contribution in [0.5, 0.6) is 0 Å². The number of rotatable bonds is 8. The van der Waals surface area contributed by atoms with Gasteiger partial charge in [-0.3, -0.25) is 10.8 Å². The molecular formula is C27H27F3N6O2PaS2-2. The second kappa shape index (κ2) is 12.4. The number of hydrogen-bond acceptors (Lipinski definition) is 8. The van der Waals surface area contributed by atoms with Crippen LogP contribution in [0, 0.1) is 39.2 Å². The number of ether oxygens (including phenoxy) is 1. The molecule has 1 atom stereocenters. The maximum Gasteiger partial charge on any atom is 0.420 e. The molecule has 1 aromatic carbocycles. The summed E-state index contributed by atoms with van der Waals surface area (Å²) in [6.07, 6.45) is -1.83. The average Bonchev–Trinajstić information content (AvgIpc) is 3.66. The zero-order chi connectivity index (χ0) is 28.0. The molecule has 0 spiro atoms. The number of nitrogens with zero attached hydrogens (tertiary/aromatic N) is 3. The summed E-state index contributed by atoms with van der Waals surface area (Å²) in [7, 11) is 0. The van der Waals surface area contributed by atoms with Gasteiger partial charge in [0.15, 0.2) is 0 Å². The summed E-state index contributed by atoms with van der Waals surface area (Å²) >= 11 is 2.51. The molecule has 4 heterocycles. The Kier molecular flexibility index (Phi) is 9.31. The number of carbonyl (C=O) groups is 1. The number of aromatic nitrogens is 2. The van der Waals surface area contributed by atoms with Gasteiger partial charge in [0.2, 0.25) is 5.95 Å². The van der Waals surface area contributed by atoms with E-state index in [2.05, 4.69) is 27.5 Å². The number of halogens is 3. The topological polar surface area (TPSA) is 103 Å². The van der Waals surface area contributed by atoms with E-state index in [-0.39, 0.29) is 60.8 Å². The first kappa shape index (κ1) is 30.7. The Morgan fingerprint density at radius 1 is 1.24 bits per heavy atom. The Labute approximate surface area is 268 Å². The predicted octanol–water partition coefficient (Wildman–Crippen LogP) is 6.46. The Bertz CT molecular complexity index is 1430. The number of hydrogen-bond donors (Lipinski definition) is 2. The molecule has 1 radical (unpaired) electrons. The Hall–Kier alpha value is -1.78. The normalized spacial score (nSPS) is 18.2. The van der Waals surface area contributed by atoms with Crippen LogP contribution in [0.25, 0.3) is 16.3 Å². The monoisotopic (exact) mass is 819 g/mol. The van der Waals surface area contributed by atoms with Crippen LogP contribution >= 0.6 is 23.1 Å². The largest absolute Gasteiger partial charge is 0.700 e. The van der Waals surface area contributed by atoms with E-state index in [1.165, 1.54) is 11.8 Å². The molecule has 1 amide bonds. The van der Waals surface area contributed by atoms with Crippen molar-refractivity contribution in [1.82, 2.24) is 14.9 Å². The molecule has 215 valence electrons. The van der Waals surface area contributed by atoms with Crippen molar-refractivity contribution in [2.75, 3.05) is 42.7 Å². The molecule has 1 saturated carbocycles. The quantitative estimate of drug-likeness (QED) is 0.252. The van der Waals surface area contributed by atoms with Crippen molar-refractivity contribution in [3.8, 4) is 10.6 Å². The van der Waals surface area contributed by atoms with Gasteiger partial charge in [0, 0.05) is 67.1 Å². The van der Waals surface area contributed by atoms with E-state index in [4.69, 9.17) is 10.5 Å². The van der Waals surface area contributed by atoms with E-state index < -0.39 is 17.8 Å². The third-order valence-electron chi connectivity index (χ3n) is 7.00. The van der Waals surface area contributed by atoms with Gasteiger partial charge in [-0.15, -0.1) is 23.1 Å². The van der Waals surface area contributed by atoms with Crippen LogP contribution in [-0.2, 0) is 10.9 Å². The SMILES string of the molecule is [CH2-]C([NH-])CNc1ccc(Nc2ncc(C(F)(F)F)c(-c3cc4c(s3)C(=O)N(C3COC3)CCS4)n2)c(C2CC2)c1.[Pa]. The van der Waals surface area contributed by atoms with Gasteiger partial charge in [-0.1, -0.05) is 0 Å². The summed E-state index contributed by atoms with van der Waals surface area (Å²) in [6, 6.07) is 6.82. The van der Waals surface area contributed by atoms with Crippen molar-refractivity contribution in [3.63, 3.8) is 0 Å². The number of carbonyl (C=O) groups excluding carboxylic acids is 1. The number of thiophene rings is 1. The number of benzene rings is 1. The fourth-order valence-electron chi connectivity index (χ4n) is 4.70. The molecule has 41 heavy (non-hydrogen) atoms. The molecular weight excluding hydrogens is 793 g/mol. The zero-order valence-electron chi connectivity index (χ0n) is 22.0. The molecule has 14 heteroatoms. The predicted molar refractivity (Wildman–Crippen MR) is 150 cm³/mol. The summed E-state index contributed by atoms with van der Waals surface area (Å²) in [4.78, 5) is 24.8. The van der Waals surface area contributed by atoms with E-state index in [1.807, 2.05) is 18.2 Å². The molecule has 2 fully saturated rings. The van der Waals surface area contributed by atoms with Gasteiger partial charge >= 0.3 is 6.18 Å². The number of amides is 1. The third-order valence-corrected chi connectivity index (χ3v) is 9.28. The van der Waals surface area contributed by atoms with Crippen LogP contribution in [0.3, 0.4) is 0 Å². The number of anilines is 3. The van der Waals surface area contributed by atoms with Crippen molar-refractivity contribution >= 4 is 46.3 Å². The summed E-state index contributed by atoms with van der Waals surface area (Å²) in [5.41, 5.74) is 9.01. The average molecular weight is 820 g/mol. The second-order valence-corrected chi connectivity index (χ2v) is 12.3. The van der Waals surface area contributed by atoms with Gasteiger partial charge in [-0.2, -0.15) is 13.2 Å². The molecule has 2 aromatic heterocycles. The number of alkyl halides is 3. The summed E-state index contributed by atoms with van der Waals surface area (Å²) in [6.45, 7) is 5.59. The van der Waals surface area contributed by atoms with Gasteiger partial charge in [-0.25, -0.2) is 9.97 Å². The summed E-state index contributed by atoms with van der Waals surface area (Å²) in [5.74, 6) is 0.860. The first-order chi connectivity index (χ1) is 19.2. The Morgan fingerprint density at radius 2 is 2.02 bits per heavy atom. The maximum atomic E-state index is 14.1. The zero-order valence-corrected chi connectivity index (χ0v) is 28.4. The molecule has 1 aliphatic carbocycles. The van der Waals surface area contributed by atoms with Crippen LogP contribution in [0.1, 0.15) is 39.6 Å². The van der Waals surface area contributed by atoms with E-state index in [9.17, 15) is 18.0 Å². The smallest absolute Gasteiger partial charge is 0.420 e. The van der Waals surface area contributed by atoms with Gasteiger partial charge < -0.3 is 32.9 Å². The minimum absolute atomic E-state index is 0. The molecule has 8 nitrogen and oxygen atoms in total. The molecule has 3 N–H and O–H groups in total. The van der Waals surface area contributed by atoms with Gasteiger partial charge in [0.05, 0.1) is 29.8 Å². The molecule has 0 bridgehead atoms. The molecule has 1 saturated heterocycles. The summed E-state index contributed by atoms with van der Waals surface area (Å²) < 4.78 is 47.5. The van der Waals surface area contributed by atoms with Crippen LogP contribution in [-0.4, -0.2) is 64.9 Å². The molecule has 1 unspecified atom stereocenters. The molecule has 3 aromatic rings. The maximum absolute atomic E-state index is 14.1. The van der Waals surface area contributed by atoms with E-state index in [0.29, 0.717) is 47.7 Å². The van der Waals surface area contributed by atoms with Crippen molar-refractivity contribution in [3.05, 3.63) is 59.1 Å². The van der Waals surface area contributed by atoms with Crippen LogP contribution < -0.4 is 10.6 Å². The minimum Gasteiger partial charge on any atom is -0.700 e. The summed E-state index contributed by atoms with van der Waals surface area (Å²) in [5, 5.41) is 6.33. The first-order valence-corrected chi connectivity index (χ1v) is 14.8. The number of thioether (sulfide) groups is 1. The molecule has 2 aliphatic heterocycles. The van der Waals surface area contributed by atoms with Crippen molar-refractivity contribution < 1.29 is 55.0 Å². The van der Waals surface area contributed by atoms with Gasteiger partial charge in [-0.05, 0) is 55.1 Å². The van der Waals surface area contributed by atoms with Gasteiger partial charge in [0.25, 0.3) is 5.91 Å². The standard InChI is InChI=1S/C27H27F3N6O2S2.Pa/c1-14(31)10-32-16-4-5-20(18(8-16)15-2-3-15)34-26-33-11-19(27(28,29)30)23(35-26)21-9-22-24(40-21)25(37)36(6-7-39-22)17-12-38-13-17;/h4-5,8-9,11,14-15,17,31-32H,1-3,6-7,10,12-13H2,(H,33,34,35);/q-2;. The fraction of sp³-hybridized carbons (Fsp3) is 0.407. The number of fused-ring (bicyclic) bond motifs is 1. The van der Waals surface area contributed by atoms with Crippen LogP contribution in [0.4, 0.5) is 30.5 Å². The first-order valence-electron chi connectivity index (χ1n) is 13.0. The Morgan fingerprint density at radius 3 is 2.68 bits per heavy atom. The van der Waals surface area contributed by atoms with E-state index in [0.717, 1.165) is 47.3 Å². The number of nitrogens with one attached hydrogen (secondary N) is 3. The third kappa shape index (κ3) is 6.75. The fourth-order valence-corrected chi connectivity index (χ4v) is 7.02. The molecule has 6 rings (SSSR count). The van der Waals surface area contributed by atoms with E-state index >= 15 is 0 Å². The van der Waals surface area contributed by atoms with Crippen LogP contribution in [0.2, 0.25) is 0 Å². The van der Waals surface area contributed by atoms with Crippen molar-refractivity contribution in [1.29, 1.82) is 0 Å². The van der Waals surface area contributed by atoms with Crippen molar-refractivity contribution in [2.24, 2.45) is 0 Å². The Balaban J connectivity index is 0.00000337. The second-order valence-electron chi connectivity index (χ2n) is 10.1. The van der Waals surface area contributed by atoms with Crippen LogP contribution in [0.15, 0.2) is 35.4 Å². The van der Waals surface area contributed by atoms with Crippen molar-refractivity contribution in [2.45, 2.75) is 41.9 Å². The molecule has 3 aliphatic rings. The van der Waals surface area contributed by atoms with E-state index in [1.54, 1.807) is 11.0 Å². The van der Waals surface area contributed by atoms with Gasteiger partial charge in [0.1, 0.15) is 10.4 Å². The minimum atomic E-state index is -4.67.